The molecular weight excluding hydrogens is 255 g/mol. The van der Waals surface area contributed by atoms with E-state index in [1.54, 1.807) is 0 Å². The molecule has 2 rings (SSSR count). The number of halogens is 1. The third-order valence-electron chi connectivity index (χ3n) is 3.13. The van der Waals surface area contributed by atoms with Crippen molar-refractivity contribution in [1.29, 1.82) is 0 Å². The van der Waals surface area contributed by atoms with Gasteiger partial charge >= 0.3 is 0 Å². The van der Waals surface area contributed by atoms with Gasteiger partial charge in [0.25, 0.3) is 0 Å². The lowest BCUT2D eigenvalue weighted by Gasteiger charge is -2.36. The summed E-state index contributed by atoms with van der Waals surface area (Å²) >= 11 is 0. The van der Waals surface area contributed by atoms with Crippen LogP contribution in [0.15, 0.2) is 29.2 Å². The first-order valence-corrected chi connectivity index (χ1v) is 7.36. The van der Waals surface area contributed by atoms with E-state index in [0.29, 0.717) is 13.1 Å². The van der Waals surface area contributed by atoms with Crippen LogP contribution in [0.25, 0.3) is 0 Å². The normalized spacial score (nSPS) is 26.2. The van der Waals surface area contributed by atoms with Gasteiger partial charge in [-0.2, -0.15) is 4.31 Å². The van der Waals surface area contributed by atoms with Crippen LogP contribution in [0, 0.1) is 5.82 Å². The average molecular weight is 272 g/mol. The molecule has 1 aliphatic rings. The Kier molecular flexibility index (Phi) is 3.70. The molecule has 1 aromatic carbocycles. The molecule has 0 amide bonds. The Hall–Kier alpha value is -0.980. The van der Waals surface area contributed by atoms with Crippen LogP contribution in [-0.4, -0.2) is 37.9 Å². The second kappa shape index (κ2) is 4.95. The van der Waals surface area contributed by atoms with E-state index in [9.17, 15) is 12.8 Å². The summed E-state index contributed by atoms with van der Waals surface area (Å²) < 4.78 is 39.9. The maximum absolute atomic E-state index is 13.6. The maximum atomic E-state index is 13.6. The molecule has 0 aliphatic carbocycles. The minimum absolute atomic E-state index is 0.0720. The second-order valence-corrected chi connectivity index (χ2v) is 6.52. The predicted octanol–water partition coefficient (Wildman–Crippen LogP) is 1.20. The van der Waals surface area contributed by atoms with Crippen LogP contribution < -0.4 is 5.32 Å². The van der Waals surface area contributed by atoms with Gasteiger partial charge in [-0.25, -0.2) is 12.8 Å². The number of nitrogens with zero attached hydrogens (tertiary/aromatic N) is 1. The van der Waals surface area contributed by atoms with E-state index >= 15 is 0 Å². The Balaban J connectivity index is 2.39. The molecule has 1 aromatic rings. The molecule has 6 heteroatoms. The number of piperazine rings is 1. The minimum atomic E-state index is -3.76. The van der Waals surface area contributed by atoms with E-state index in [-0.39, 0.29) is 17.0 Å². The fraction of sp³-hybridized carbons (Fsp3) is 0.500. The molecule has 2 atom stereocenters. The lowest BCUT2D eigenvalue weighted by Crippen LogP contribution is -2.56. The van der Waals surface area contributed by atoms with Crippen molar-refractivity contribution in [2.24, 2.45) is 0 Å². The van der Waals surface area contributed by atoms with Crippen LogP contribution in [0.4, 0.5) is 4.39 Å². The van der Waals surface area contributed by atoms with E-state index in [0.717, 1.165) is 0 Å². The van der Waals surface area contributed by atoms with Crippen molar-refractivity contribution in [2.75, 3.05) is 13.1 Å². The Bertz CT molecular complexity index is 533. The summed E-state index contributed by atoms with van der Waals surface area (Å²) in [6.07, 6.45) is 0. The topological polar surface area (TPSA) is 49.4 Å². The van der Waals surface area contributed by atoms with Crippen molar-refractivity contribution < 1.29 is 12.8 Å². The summed E-state index contributed by atoms with van der Waals surface area (Å²) in [5, 5.41) is 3.20. The average Bonchev–Trinajstić information content (AvgIpc) is 2.32. The van der Waals surface area contributed by atoms with Crippen molar-refractivity contribution in [2.45, 2.75) is 30.8 Å². The van der Waals surface area contributed by atoms with Gasteiger partial charge in [-0.15, -0.1) is 0 Å². The first-order chi connectivity index (χ1) is 8.43. The highest BCUT2D eigenvalue weighted by atomic mass is 32.2. The summed E-state index contributed by atoms with van der Waals surface area (Å²) in [4.78, 5) is -0.244. The zero-order valence-electron chi connectivity index (χ0n) is 10.4. The molecule has 0 bridgehead atoms. The molecule has 1 aliphatic heterocycles. The van der Waals surface area contributed by atoms with E-state index in [1.807, 2.05) is 13.8 Å². The molecule has 4 nitrogen and oxygen atoms in total. The van der Waals surface area contributed by atoms with Crippen LogP contribution in [-0.2, 0) is 10.0 Å². The van der Waals surface area contributed by atoms with E-state index in [1.165, 1.54) is 28.6 Å². The van der Waals surface area contributed by atoms with Crippen molar-refractivity contribution in [3.8, 4) is 0 Å². The van der Waals surface area contributed by atoms with Crippen molar-refractivity contribution in [1.82, 2.24) is 9.62 Å². The largest absolute Gasteiger partial charge is 0.311 e. The van der Waals surface area contributed by atoms with Gasteiger partial charge in [0.1, 0.15) is 10.7 Å². The van der Waals surface area contributed by atoms with Crippen LogP contribution in [0.5, 0.6) is 0 Å². The highest BCUT2D eigenvalue weighted by Crippen LogP contribution is 2.22. The summed E-state index contributed by atoms with van der Waals surface area (Å²) in [6, 6.07) is 5.39. The first-order valence-electron chi connectivity index (χ1n) is 5.92. The fourth-order valence-electron chi connectivity index (χ4n) is 2.10. The lowest BCUT2D eigenvalue weighted by molar-refractivity contribution is 0.244. The molecule has 0 saturated carbocycles. The maximum Gasteiger partial charge on any atom is 0.246 e. The molecule has 2 unspecified atom stereocenters. The Labute approximate surface area is 107 Å². The highest BCUT2D eigenvalue weighted by Gasteiger charge is 2.34. The zero-order chi connectivity index (χ0) is 13.3. The van der Waals surface area contributed by atoms with Crippen LogP contribution in [0.1, 0.15) is 13.8 Å². The number of nitrogens with one attached hydrogen (secondary N) is 1. The van der Waals surface area contributed by atoms with Crippen LogP contribution >= 0.6 is 0 Å². The van der Waals surface area contributed by atoms with Gasteiger partial charge in [-0.1, -0.05) is 12.1 Å². The SMILES string of the molecule is CC1CN(S(=O)(=O)c2ccccc2F)C(C)CN1. The van der Waals surface area contributed by atoms with E-state index in [2.05, 4.69) is 5.32 Å². The van der Waals surface area contributed by atoms with Crippen LogP contribution in [0.3, 0.4) is 0 Å². The summed E-state index contributed by atoms with van der Waals surface area (Å²) in [6.45, 7) is 4.67. The zero-order valence-corrected chi connectivity index (χ0v) is 11.2. The Morgan fingerprint density at radius 1 is 1.33 bits per heavy atom. The quantitative estimate of drug-likeness (QED) is 0.880. The number of benzene rings is 1. The molecule has 0 aromatic heterocycles. The molecule has 0 spiro atoms. The highest BCUT2D eigenvalue weighted by molar-refractivity contribution is 7.89. The Morgan fingerprint density at radius 2 is 2.00 bits per heavy atom. The lowest BCUT2D eigenvalue weighted by atomic mass is 10.2. The van der Waals surface area contributed by atoms with Crippen molar-refractivity contribution in [3.63, 3.8) is 0 Å². The van der Waals surface area contributed by atoms with E-state index in [4.69, 9.17) is 0 Å². The molecule has 100 valence electrons. The monoisotopic (exact) mass is 272 g/mol. The molecule has 1 heterocycles. The molecule has 1 fully saturated rings. The van der Waals surface area contributed by atoms with Crippen molar-refractivity contribution >= 4 is 10.0 Å². The number of rotatable bonds is 2. The van der Waals surface area contributed by atoms with Gasteiger partial charge in [-0.05, 0) is 26.0 Å². The summed E-state index contributed by atoms with van der Waals surface area (Å²) in [5.74, 6) is -0.698. The van der Waals surface area contributed by atoms with Gasteiger partial charge in [0, 0.05) is 25.2 Å². The Morgan fingerprint density at radius 3 is 2.67 bits per heavy atom. The van der Waals surface area contributed by atoms with Gasteiger partial charge in [0.05, 0.1) is 0 Å². The standard InChI is InChI=1S/C12H17FN2O2S/c1-9-8-15(10(2)7-14-9)18(16,17)12-6-4-3-5-11(12)13/h3-6,9-10,14H,7-8H2,1-2H3. The first kappa shape index (κ1) is 13.5. The molecule has 1 saturated heterocycles. The van der Waals surface area contributed by atoms with Crippen LogP contribution in [0.2, 0.25) is 0 Å². The van der Waals surface area contributed by atoms with Gasteiger partial charge in [0.15, 0.2) is 0 Å². The van der Waals surface area contributed by atoms with Gasteiger partial charge in [0.2, 0.25) is 10.0 Å². The molecular formula is C12H17FN2O2S. The van der Waals surface area contributed by atoms with Gasteiger partial charge < -0.3 is 5.32 Å². The number of sulfonamides is 1. The smallest absolute Gasteiger partial charge is 0.246 e. The van der Waals surface area contributed by atoms with Crippen molar-refractivity contribution in [3.05, 3.63) is 30.1 Å². The number of hydrogen-bond acceptors (Lipinski definition) is 3. The summed E-state index contributed by atoms with van der Waals surface area (Å²) in [5.41, 5.74) is 0. The minimum Gasteiger partial charge on any atom is -0.311 e. The molecule has 18 heavy (non-hydrogen) atoms. The second-order valence-electron chi connectivity index (χ2n) is 4.66. The molecule has 1 N–H and O–H groups in total. The van der Waals surface area contributed by atoms with Gasteiger partial charge in [-0.3, -0.25) is 0 Å². The predicted molar refractivity (Wildman–Crippen MR) is 67.2 cm³/mol. The third kappa shape index (κ3) is 2.41. The molecule has 0 radical (unpaired) electrons. The summed E-state index contributed by atoms with van der Waals surface area (Å²) in [7, 11) is -3.76. The fourth-order valence-corrected chi connectivity index (χ4v) is 3.89. The number of hydrogen-bond donors (Lipinski definition) is 1. The van der Waals surface area contributed by atoms with E-state index < -0.39 is 15.8 Å². The third-order valence-corrected chi connectivity index (χ3v) is 5.14.